The third-order valence-corrected chi connectivity index (χ3v) is 4.28. The summed E-state index contributed by atoms with van der Waals surface area (Å²) in [5, 5.41) is 11.9. The van der Waals surface area contributed by atoms with Crippen LogP contribution in [0.25, 0.3) is 20.2 Å². The quantitative estimate of drug-likeness (QED) is 0.670. The van der Waals surface area contributed by atoms with Gasteiger partial charge in [0, 0.05) is 20.2 Å². The number of benzene rings is 2. The molecule has 0 radical (unpaired) electrons. The summed E-state index contributed by atoms with van der Waals surface area (Å²) in [6, 6.07) is 12.5. The van der Waals surface area contributed by atoms with Crippen LogP contribution >= 0.6 is 11.3 Å². The van der Waals surface area contributed by atoms with E-state index < -0.39 is 0 Å². The molecule has 1 nitrogen and oxygen atoms in total. The molecule has 0 aliphatic heterocycles. The van der Waals surface area contributed by atoms with Crippen LogP contribution < -0.4 is 0 Å². The van der Waals surface area contributed by atoms with Gasteiger partial charge in [-0.2, -0.15) is 0 Å². The maximum atomic E-state index is 9.39. The van der Waals surface area contributed by atoms with Gasteiger partial charge in [0.2, 0.25) is 0 Å². The molecule has 3 aromatic rings. The van der Waals surface area contributed by atoms with Crippen molar-refractivity contribution in [3.8, 4) is 0 Å². The fourth-order valence-electron chi connectivity index (χ4n) is 2.19. The van der Waals surface area contributed by atoms with Gasteiger partial charge in [0.25, 0.3) is 0 Å². The lowest BCUT2D eigenvalue weighted by Crippen LogP contribution is -1.82. The van der Waals surface area contributed by atoms with Crippen LogP contribution in [0, 0.1) is 6.92 Å². The number of hydrogen-bond acceptors (Lipinski definition) is 2. The highest BCUT2D eigenvalue weighted by Gasteiger charge is 2.09. The van der Waals surface area contributed by atoms with E-state index in [0.717, 1.165) is 5.56 Å². The van der Waals surface area contributed by atoms with Crippen molar-refractivity contribution in [1.82, 2.24) is 0 Å². The van der Waals surface area contributed by atoms with E-state index in [4.69, 9.17) is 0 Å². The zero-order valence-corrected chi connectivity index (χ0v) is 9.84. The van der Waals surface area contributed by atoms with Gasteiger partial charge in [0.05, 0.1) is 6.61 Å². The Bertz CT molecular complexity index is 667. The summed E-state index contributed by atoms with van der Waals surface area (Å²) in [5.41, 5.74) is 2.33. The Morgan fingerprint density at radius 3 is 2.75 bits per heavy atom. The molecule has 0 fully saturated rings. The maximum Gasteiger partial charge on any atom is 0.0688 e. The molecule has 0 atom stereocenters. The van der Waals surface area contributed by atoms with E-state index in [2.05, 4.69) is 31.2 Å². The second-order valence-electron chi connectivity index (χ2n) is 4.00. The molecular weight excluding hydrogens is 216 g/mol. The van der Waals surface area contributed by atoms with Crippen LogP contribution in [0.1, 0.15) is 11.1 Å². The Hall–Kier alpha value is -1.38. The van der Waals surface area contributed by atoms with Crippen LogP contribution in [-0.4, -0.2) is 5.11 Å². The van der Waals surface area contributed by atoms with Crippen LogP contribution in [0.5, 0.6) is 0 Å². The molecule has 2 heteroatoms. The monoisotopic (exact) mass is 228 g/mol. The Balaban J connectivity index is 2.57. The Labute approximate surface area is 98.0 Å². The third-order valence-electron chi connectivity index (χ3n) is 2.98. The lowest BCUT2D eigenvalue weighted by molar-refractivity contribution is 0.283. The van der Waals surface area contributed by atoms with Gasteiger partial charge in [-0.1, -0.05) is 30.3 Å². The van der Waals surface area contributed by atoms with E-state index in [0.29, 0.717) is 0 Å². The number of fused-ring (bicyclic) bond motifs is 3. The number of aryl methyl sites for hydroxylation is 1. The van der Waals surface area contributed by atoms with Crippen LogP contribution in [-0.2, 0) is 6.61 Å². The lowest BCUT2D eigenvalue weighted by Gasteiger charge is -1.99. The summed E-state index contributed by atoms with van der Waals surface area (Å²) >= 11 is 1.81. The molecule has 2 aromatic carbocycles. The van der Waals surface area contributed by atoms with Crippen LogP contribution in [0.4, 0.5) is 0 Å². The number of aliphatic hydroxyl groups excluding tert-OH is 1. The summed E-state index contributed by atoms with van der Waals surface area (Å²) in [5.74, 6) is 0. The van der Waals surface area contributed by atoms with E-state index >= 15 is 0 Å². The van der Waals surface area contributed by atoms with E-state index in [1.54, 1.807) is 11.3 Å². The minimum Gasteiger partial charge on any atom is -0.392 e. The second kappa shape index (κ2) is 3.58. The van der Waals surface area contributed by atoms with Gasteiger partial charge in [-0.15, -0.1) is 11.3 Å². The first-order chi connectivity index (χ1) is 7.81. The molecule has 0 bridgehead atoms. The van der Waals surface area contributed by atoms with Crippen LogP contribution in [0.2, 0.25) is 0 Å². The smallest absolute Gasteiger partial charge is 0.0688 e. The number of aliphatic hydroxyl groups is 1. The number of hydrogen-bond donors (Lipinski definition) is 1. The van der Waals surface area contributed by atoms with Crippen molar-refractivity contribution in [2.24, 2.45) is 0 Å². The summed E-state index contributed by atoms with van der Waals surface area (Å²) in [6.45, 7) is 2.24. The summed E-state index contributed by atoms with van der Waals surface area (Å²) in [6.07, 6.45) is 0. The topological polar surface area (TPSA) is 20.2 Å². The summed E-state index contributed by atoms with van der Waals surface area (Å²) in [4.78, 5) is 0. The first-order valence-electron chi connectivity index (χ1n) is 5.32. The molecule has 16 heavy (non-hydrogen) atoms. The van der Waals surface area contributed by atoms with E-state index in [9.17, 15) is 5.11 Å². The molecule has 0 amide bonds. The van der Waals surface area contributed by atoms with Crippen molar-refractivity contribution < 1.29 is 5.11 Å². The van der Waals surface area contributed by atoms with Crippen molar-refractivity contribution in [3.63, 3.8) is 0 Å². The number of rotatable bonds is 1. The lowest BCUT2D eigenvalue weighted by atomic mass is 10.1. The summed E-state index contributed by atoms with van der Waals surface area (Å²) < 4.78 is 2.59. The van der Waals surface area contributed by atoms with E-state index in [1.165, 1.54) is 25.7 Å². The molecule has 3 rings (SSSR count). The number of thiophene rings is 1. The normalized spacial score (nSPS) is 11.4. The molecule has 0 spiro atoms. The van der Waals surface area contributed by atoms with Crippen molar-refractivity contribution in [1.29, 1.82) is 0 Å². The molecule has 0 aliphatic carbocycles. The molecule has 0 unspecified atom stereocenters. The highest BCUT2D eigenvalue weighted by Crippen LogP contribution is 2.37. The largest absolute Gasteiger partial charge is 0.392 e. The Morgan fingerprint density at radius 1 is 1.12 bits per heavy atom. The zero-order chi connectivity index (χ0) is 11.1. The fraction of sp³-hybridized carbons (Fsp3) is 0.143. The highest BCUT2D eigenvalue weighted by molar-refractivity contribution is 7.26. The predicted octanol–water partition coefficient (Wildman–Crippen LogP) is 3.86. The molecule has 1 aromatic heterocycles. The van der Waals surface area contributed by atoms with Gasteiger partial charge < -0.3 is 5.11 Å². The van der Waals surface area contributed by atoms with E-state index in [-0.39, 0.29) is 6.61 Å². The molecule has 0 aliphatic rings. The average Bonchev–Trinajstić information content (AvgIpc) is 2.69. The highest BCUT2D eigenvalue weighted by atomic mass is 32.1. The second-order valence-corrected chi connectivity index (χ2v) is 5.05. The third kappa shape index (κ3) is 1.27. The molecule has 80 valence electrons. The Kier molecular flexibility index (Phi) is 2.20. The van der Waals surface area contributed by atoms with Gasteiger partial charge in [-0.3, -0.25) is 0 Å². The minimum atomic E-state index is 0.108. The van der Waals surface area contributed by atoms with E-state index in [1.807, 2.05) is 12.1 Å². The fourth-order valence-corrected chi connectivity index (χ4v) is 3.41. The summed E-state index contributed by atoms with van der Waals surface area (Å²) in [7, 11) is 0. The van der Waals surface area contributed by atoms with Crippen LogP contribution in [0.15, 0.2) is 36.4 Å². The SMILES string of the molecule is Cc1cccc2c1sc1cccc(CO)c12. The van der Waals surface area contributed by atoms with Gasteiger partial charge in [0.1, 0.15) is 0 Å². The van der Waals surface area contributed by atoms with Crippen LogP contribution in [0.3, 0.4) is 0 Å². The molecule has 0 saturated heterocycles. The zero-order valence-electron chi connectivity index (χ0n) is 9.03. The maximum absolute atomic E-state index is 9.39. The van der Waals surface area contributed by atoms with Crippen molar-refractivity contribution in [2.45, 2.75) is 13.5 Å². The first-order valence-corrected chi connectivity index (χ1v) is 6.13. The van der Waals surface area contributed by atoms with Gasteiger partial charge >= 0.3 is 0 Å². The van der Waals surface area contributed by atoms with Gasteiger partial charge in [-0.25, -0.2) is 0 Å². The predicted molar refractivity (Wildman–Crippen MR) is 70.0 cm³/mol. The first kappa shape index (κ1) is 9.82. The average molecular weight is 228 g/mol. The minimum absolute atomic E-state index is 0.108. The molecule has 0 saturated carbocycles. The van der Waals surface area contributed by atoms with Gasteiger partial charge in [0.15, 0.2) is 0 Å². The van der Waals surface area contributed by atoms with Crippen molar-refractivity contribution in [2.75, 3.05) is 0 Å². The molecular formula is C14H12OS. The van der Waals surface area contributed by atoms with Crippen molar-refractivity contribution >= 4 is 31.5 Å². The van der Waals surface area contributed by atoms with Gasteiger partial charge in [-0.05, 0) is 24.1 Å². The molecule has 1 N–H and O–H groups in total. The van der Waals surface area contributed by atoms with Crippen molar-refractivity contribution in [3.05, 3.63) is 47.5 Å². The molecule has 1 heterocycles. The Morgan fingerprint density at radius 2 is 1.94 bits per heavy atom. The standard InChI is InChI=1S/C14H12OS/c1-9-4-2-6-11-13-10(8-15)5-3-7-12(13)16-14(9)11/h2-7,15H,8H2,1H3.